The molecule has 0 aliphatic carbocycles. The van der Waals surface area contributed by atoms with Gasteiger partial charge in [0.05, 0.1) is 11.1 Å². The minimum Gasteiger partial charge on any atom is -0.478 e. The highest BCUT2D eigenvalue weighted by molar-refractivity contribution is 7.85. The SMILES string of the molecule is O=C(O)c1ccc(N2CCS(=O)CC2)cc1C(F)(F)F. The Morgan fingerprint density at radius 2 is 1.85 bits per heavy atom. The predicted molar refractivity (Wildman–Crippen MR) is 68.5 cm³/mol. The van der Waals surface area contributed by atoms with Gasteiger partial charge in [-0.05, 0) is 18.2 Å². The maximum atomic E-state index is 12.9. The summed E-state index contributed by atoms with van der Waals surface area (Å²) in [6.07, 6.45) is -4.72. The van der Waals surface area contributed by atoms with Gasteiger partial charge < -0.3 is 10.0 Å². The molecule has 20 heavy (non-hydrogen) atoms. The van der Waals surface area contributed by atoms with E-state index in [9.17, 15) is 22.2 Å². The molecule has 1 N–H and O–H groups in total. The van der Waals surface area contributed by atoms with Crippen LogP contribution >= 0.6 is 0 Å². The standard InChI is InChI=1S/C12H12F3NO3S/c13-12(14,15)10-7-8(1-2-9(10)11(17)18)16-3-5-20(19)6-4-16/h1-2,7H,3-6H2,(H,17,18). The van der Waals surface area contributed by atoms with Gasteiger partial charge in [0.2, 0.25) is 0 Å². The first-order chi connectivity index (χ1) is 9.29. The molecule has 1 aromatic carbocycles. The summed E-state index contributed by atoms with van der Waals surface area (Å²) in [6, 6.07) is 3.16. The summed E-state index contributed by atoms with van der Waals surface area (Å²) in [5, 5.41) is 8.81. The van der Waals surface area contributed by atoms with Crippen molar-refractivity contribution in [1.29, 1.82) is 0 Å². The normalized spacial score (nSPS) is 17.2. The zero-order valence-electron chi connectivity index (χ0n) is 10.3. The van der Waals surface area contributed by atoms with Gasteiger partial charge in [-0.15, -0.1) is 0 Å². The van der Waals surface area contributed by atoms with Gasteiger partial charge in [-0.3, -0.25) is 4.21 Å². The lowest BCUT2D eigenvalue weighted by Crippen LogP contribution is -2.37. The molecule has 0 saturated carbocycles. The number of rotatable bonds is 2. The smallest absolute Gasteiger partial charge is 0.417 e. The van der Waals surface area contributed by atoms with Crippen molar-refractivity contribution < 1.29 is 27.3 Å². The van der Waals surface area contributed by atoms with Crippen molar-refractivity contribution in [1.82, 2.24) is 0 Å². The molecule has 0 aromatic heterocycles. The number of carboxylic acid groups (broad SMARTS) is 1. The number of hydrogen-bond donors (Lipinski definition) is 1. The molecule has 1 aliphatic heterocycles. The van der Waals surface area contributed by atoms with Crippen molar-refractivity contribution in [2.45, 2.75) is 6.18 Å². The van der Waals surface area contributed by atoms with E-state index in [2.05, 4.69) is 0 Å². The second kappa shape index (κ2) is 5.43. The zero-order chi connectivity index (χ0) is 14.9. The molecule has 0 amide bonds. The van der Waals surface area contributed by atoms with Gasteiger partial charge in [0.25, 0.3) is 0 Å². The van der Waals surface area contributed by atoms with Gasteiger partial charge in [-0.1, -0.05) is 0 Å². The molecule has 110 valence electrons. The third-order valence-corrected chi connectivity index (χ3v) is 4.36. The molecule has 0 bridgehead atoms. The molecule has 0 unspecified atom stereocenters. The maximum Gasteiger partial charge on any atom is 0.417 e. The quantitative estimate of drug-likeness (QED) is 0.907. The van der Waals surface area contributed by atoms with E-state index < -0.39 is 34.1 Å². The molecule has 8 heteroatoms. The first-order valence-corrected chi connectivity index (χ1v) is 7.32. The fraction of sp³-hybridized carbons (Fsp3) is 0.417. The van der Waals surface area contributed by atoms with Crippen LogP contribution in [0.2, 0.25) is 0 Å². The van der Waals surface area contributed by atoms with Crippen LogP contribution in [0.15, 0.2) is 18.2 Å². The fourth-order valence-electron chi connectivity index (χ4n) is 2.05. The minimum absolute atomic E-state index is 0.305. The minimum atomic E-state index is -4.72. The Morgan fingerprint density at radius 3 is 2.35 bits per heavy atom. The van der Waals surface area contributed by atoms with E-state index in [1.54, 1.807) is 4.90 Å². The fourth-order valence-corrected chi connectivity index (χ4v) is 3.10. The molecule has 1 fully saturated rings. The number of halogens is 3. The van der Waals surface area contributed by atoms with Crippen LogP contribution in [0.5, 0.6) is 0 Å². The van der Waals surface area contributed by atoms with Gasteiger partial charge in [-0.2, -0.15) is 13.2 Å². The molecule has 1 aromatic rings. The molecule has 1 heterocycles. The summed E-state index contributed by atoms with van der Waals surface area (Å²) in [6.45, 7) is 0.798. The first-order valence-electron chi connectivity index (χ1n) is 5.83. The van der Waals surface area contributed by atoms with Crippen LogP contribution in [0.3, 0.4) is 0 Å². The maximum absolute atomic E-state index is 12.9. The number of alkyl halides is 3. The van der Waals surface area contributed by atoms with E-state index in [4.69, 9.17) is 5.11 Å². The third-order valence-electron chi connectivity index (χ3n) is 3.08. The van der Waals surface area contributed by atoms with Crippen LogP contribution in [0.25, 0.3) is 0 Å². The van der Waals surface area contributed by atoms with Gasteiger partial charge >= 0.3 is 12.1 Å². The summed E-state index contributed by atoms with van der Waals surface area (Å²) in [4.78, 5) is 12.5. The summed E-state index contributed by atoms with van der Waals surface area (Å²) in [7, 11) is -0.927. The van der Waals surface area contributed by atoms with Gasteiger partial charge in [0, 0.05) is 41.1 Å². The average Bonchev–Trinajstić information content (AvgIpc) is 2.38. The highest BCUT2D eigenvalue weighted by Crippen LogP contribution is 2.34. The Bertz CT molecular complexity index is 549. The van der Waals surface area contributed by atoms with Crippen LogP contribution in [0.1, 0.15) is 15.9 Å². The number of anilines is 1. The zero-order valence-corrected chi connectivity index (χ0v) is 11.1. The van der Waals surface area contributed by atoms with Crippen LogP contribution in [0, 0.1) is 0 Å². The number of nitrogens with zero attached hydrogens (tertiary/aromatic N) is 1. The second-order valence-electron chi connectivity index (χ2n) is 4.37. The Balaban J connectivity index is 2.37. The van der Waals surface area contributed by atoms with E-state index in [1.807, 2.05) is 0 Å². The van der Waals surface area contributed by atoms with E-state index in [0.717, 1.165) is 12.1 Å². The van der Waals surface area contributed by atoms with Crippen molar-refractivity contribution in [2.75, 3.05) is 29.5 Å². The Kier molecular flexibility index (Phi) is 4.03. The molecule has 4 nitrogen and oxygen atoms in total. The molecular formula is C12H12F3NO3S. The monoisotopic (exact) mass is 307 g/mol. The lowest BCUT2D eigenvalue weighted by molar-refractivity contribution is -0.138. The highest BCUT2D eigenvalue weighted by Gasteiger charge is 2.36. The number of carbonyl (C=O) groups is 1. The summed E-state index contributed by atoms with van der Waals surface area (Å²) in [5.74, 6) is -0.798. The van der Waals surface area contributed by atoms with Crippen molar-refractivity contribution in [3.8, 4) is 0 Å². The molecule has 0 radical (unpaired) electrons. The Labute approximate surface area is 115 Å². The van der Waals surface area contributed by atoms with Gasteiger partial charge in [-0.25, -0.2) is 4.79 Å². The first kappa shape index (κ1) is 14.8. The Hall–Kier alpha value is -1.57. The van der Waals surface area contributed by atoms with Crippen LogP contribution in [-0.2, 0) is 17.0 Å². The lowest BCUT2D eigenvalue weighted by atomic mass is 10.1. The van der Waals surface area contributed by atoms with Gasteiger partial charge in [0.1, 0.15) is 0 Å². The van der Waals surface area contributed by atoms with E-state index in [-0.39, 0.29) is 0 Å². The molecule has 2 rings (SSSR count). The summed E-state index contributed by atoms with van der Waals surface area (Å²) >= 11 is 0. The highest BCUT2D eigenvalue weighted by atomic mass is 32.2. The van der Waals surface area contributed by atoms with E-state index in [0.29, 0.717) is 30.3 Å². The second-order valence-corrected chi connectivity index (χ2v) is 6.06. The number of aromatic carboxylic acids is 1. The largest absolute Gasteiger partial charge is 0.478 e. The lowest BCUT2D eigenvalue weighted by Gasteiger charge is -2.29. The Morgan fingerprint density at radius 1 is 1.25 bits per heavy atom. The van der Waals surface area contributed by atoms with Crippen molar-refractivity contribution in [2.24, 2.45) is 0 Å². The molecule has 0 spiro atoms. The van der Waals surface area contributed by atoms with Crippen LogP contribution in [0.4, 0.5) is 18.9 Å². The van der Waals surface area contributed by atoms with E-state index in [1.165, 1.54) is 6.07 Å². The number of benzene rings is 1. The molecule has 0 atom stereocenters. The van der Waals surface area contributed by atoms with Crippen molar-refractivity contribution >= 4 is 22.5 Å². The van der Waals surface area contributed by atoms with Crippen LogP contribution in [-0.4, -0.2) is 39.9 Å². The number of hydrogen-bond acceptors (Lipinski definition) is 3. The van der Waals surface area contributed by atoms with Crippen molar-refractivity contribution in [3.63, 3.8) is 0 Å². The topological polar surface area (TPSA) is 57.6 Å². The summed E-state index contributed by atoms with van der Waals surface area (Å²) < 4.78 is 49.9. The third kappa shape index (κ3) is 3.12. The molecule has 1 aliphatic rings. The van der Waals surface area contributed by atoms with Gasteiger partial charge in [0.15, 0.2) is 0 Å². The molecular weight excluding hydrogens is 295 g/mol. The number of carboxylic acids is 1. The predicted octanol–water partition coefficient (Wildman–Crippen LogP) is 1.97. The average molecular weight is 307 g/mol. The van der Waals surface area contributed by atoms with E-state index >= 15 is 0 Å². The van der Waals surface area contributed by atoms with Crippen molar-refractivity contribution in [3.05, 3.63) is 29.3 Å². The van der Waals surface area contributed by atoms with Crippen LogP contribution < -0.4 is 4.90 Å². The molecule has 1 saturated heterocycles. The summed E-state index contributed by atoms with van der Waals surface area (Å²) in [5.41, 5.74) is -1.62.